The van der Waals surface area contributed by atoms with Crippen molar-refractivity contribution in [1.82, 2.24) is 4.98 Å². The second-order valence-electron chi connectivity index (χ2n) is 5.57. The highest BCUT2D eigenvalue weighted by atomic mass is 32.1. The lowest BCUT2D eigenvalue weighted by atomic mass is 9.82. The molecule has 1 aromatic rings. The molecule has 0 aromatic carbocycles. The number of hydrogen-bond acceptors (Lipinski definition) is 3. The van der Waals surface area contributed by atoms with E-state index in [0.29, 0.717) is 10.4 Å². The maximum atomic E-state index is 5.88. The smallest absolute Gasteiger partial charge is 0.139 e. The quantitative estimate of drug-likeness (QED) is 0.859. The zero-order valence-corrected chi connectivity index (χ0v) is 12.9. The van der Waals surface area contributed by atoms with Crippen molar-refractivity contribution in [2.45, 2.75) is 40.0 Å². The van der Waals surface area contributed by atoms with Gasteiger partial charge in [0, 0.05) is 19.3 Å². The van der Waals surface area contributed by atoms with Crippen molar-refractivity contribution in [3.8, 4) is 0 Å². The van der Waals surface area contributed by atoms with Crippen molar-refractivity contribution < 1.29 is 0 Å². The highest BCUT2D eigenvalue weighted by molar-refractivity contribution is 7.80. The Hall–Kier alpha value is -1.16. The van der Waals surface area contributed by atoms with Gasteiger partial charge in [-0.2, -0.15) is 0 Å². The van der Waals surface area contributed by atoms with Crippen LogP contribution in [0.1, 0.15) is 44.2 Å². The van der Waals surface area contributed by atoms with Crippen LogP contribution in [0.5, 0.6) is 0 Å². The van der Waals surface area contributed by atoms with E-state index < -0.39 is 0 Å². The molecule has 0 amide bonds. The van der Waals surface area contributed by atoms with E-state index >= 15 is 0 Å². The molecule has 3 nitrogen and oxygen atoms in total. The van der Waals surface area contributed by atoms with Gasteiger partial charge in [-0.15, -0.1) is 0 Å². The van der Waals surface area contributed by atoms with E-state index in [1.807, 2.05) is 19.2 Å². The second kappa shape index (κ2) is 5.45. The van der Waals surface area contributed by atoms with Crippen LogP contribution < -0.4 is 10.6 Å². The average molecular weight is 277 g/mol. The summed E-state index contributed by atoms with van der Waals surface area (Å²) in [6.07, 6.45) is 5.51. The fourth-order valence-corrected chi connectivity index (χ4v) is 3.28. The fourth-order valence-electron chi connectivity index (χ4n) is 3.03. The number of thiocarbonyl (C=S) groups is 1. The molecule has 19 heavy (non-hydrogen) atoms. The molecular formula is C15H23N3S. The van der Waals surface area contributed by atoms with Crippen LogP contribution in [0.2, 0.25) is 0 Å². The van der Waals surface area contributed by atoms with Crippen molar-refractivity contribution in [2.75, 3.05) is 18.0 Å². The summed E-state index contributed by atoms with van der Waals surface area (Å²) in [5.41, 5.74) is 8.37. The van der Waals surface area contributed by atoms with Crippen molar-refractivity contribution in [2.24, 2.45) is 11.1 Å². The van der Waals surface area contributed by atoms with E-state index in [9.17, 15) is 0 Å². The lowest BCUT2D eigenvalue weighted by Gasteiger charge is -2.27. The minimum Gasteiger partial charge on any atom is -0.389 e. The van der Waals surface area contributed by atoms with E-state index in [-0.39, 0.29) is 0 Å². The number of anilines is 1. The van der Waals surface area contributed by atoms with E-state index in [2.05, 4.69) is 23.7 Å². The molecule has 1 aliphatic heterocycles. The molecule has 0 atom stereocenters. The Morgan fingerprint density at radius 2 is 2.16 bits per heavy atom. The summed E-state index contributed by atoms with van der Waals surface area (Å²) in [6.45, 7) is 8.72. The van der Waals surface area contributed by atoms with E-state index in [0.717, 1.165) is 30.0 Å². The number of hydrogen-bond donors (Lipinski definition) is 1. The highest BCUT2D eigenvalue weighted by Gasteiger charge is 2.36. The average Bonchev–Trinajstić information content (AvgIpc) is 2.83. The monoisotopic (exact) mass is 277 g/mol. The van der Waals surface area contributed by atoms with Crippen molar-refractivity contribution >= 4 is 23.0 Å². The lowest BCUT2D eigenvalue weighted by Crippen LogP contribution is -2.29. The van der Waals surface area contributed by atoms with Crippen LogP contribution in [0.15, 0.2) is 12.3 Å². The summed E-state index contributed by atoms with van der Waals surface area (Å²) in [5.74, 6) is 0.969. The summed E-state index contributed by atoms with van der Waals surface area (Å²) in [7, 11) is 0. The first-order valence-electron chi connectivity index (χ1n) is 7.03. The van der Waals surface area contributed by atoms with Crippen molar-refractivity contribution in [3.63, 3.8) is 0 Å². The summed E-state index contributed by atoms with van der Waals surface area (Å²) in [4.78, 5) is 7.34. The van der Waals surface area contributed by atoms with Gasteiger partial charge in [0.25, 0.3) is 0 Å². The minimum atomic E-state index is 0.429. The molecule has 1 fully saturated rings. The number of nitrogens with zero attached hydrogens (tertiary/aromatic N) is 2. The third-order valence-corrected chi connectivity index (χ3v) is 4.83. The van der Waals surface area contributed by atoms with E-state index in [4.69, 9.17) is 18.0 Å². The first kappa shape index (κ1) is 14.3. The number of rotatable bonds is 4. The van der Waals surface area contributed by atoms with Crippen LogP contribution >= 0.6 is 12.2 Å². The molecule has 0 spiro atoms. The fraction of sp³-hybridized carbons (Fsp3) is 0.600. The Labute approximate surface area is 121 Å². The minimum absolute atomic E-state index is 0.429. The Morgan fingerprint density at radius 3 is 2.68 bits per heavy atom. The SMILES string of the molecule is CCC1(CC)CCN(c2nccc(C)c2C(N)=S)C1. The summed E-state index contributed by atoms with van der Waals surface area (Å²) in [6, 6.07) is 1.97. The van der Waals surface area contributed by atoms with Gasteiger partial charge < -0.3 is 10.6 Å². The third kappa shape index (κ3) is 2.59. The molecule has 2 rings (SSSR count). The molecule has 0 unspecified atom stereocenters. The first-order valence-corrected chi connectivity index (χ1v) is 7.44. The van der Waals surface area contributed by atoms with Crippen molar-refractivity contribution in [1.29, 1.82) is 0 Å². The van der Waals surface area contributed by atoms with Gasteiger partial charge in [0.05, 0.1) is 5.56 Å². The van der Waals surface area contributed by atoms with E-state index in [1.54, 1.807) is 0 Å². The molecular weight excluding hydrogens is 254 g/mol. The molecule has 0 bridgehead atoms. The van der Waals surface area contributed by atoms with Crippen LogP contribution in [-0.4, -0.2) is 23.1 Å². The number of pyridine rings is 1. The number of aromatic nitrogens is 1. The van der Waals surface area contributed by atoms with Gasteiger partial charge >= 0.3 is 0 Å². The lowest BCUT2D eigenvalue weighted by molar-refractivity contribution is 0.301. The van der Waals surface area contributed by atoms with Crippen LogP contribution in [0.3, 0.4) is 0 Å². The van der Waals surface area contributed by atoms with Gasteiger partial charge in [-0.25, -0.2) is 4.98 Å². The molecule has 2 N–H and O–H groups in total. The van der Waals surface area contributed by atoms with Crippen LogP contribution in [0.4, 0.5) is 5.82 Å². The van der Waals surface area contributed by atoms with Crippen LogP contribution in [-0.2, 0) is 0 Å². The Morgan fingerprint density at radius 1 is 1.47 bits per heavy atom. The van der Waals surface area contributed by atoms with Gasteiger partial charge in [-0.05, 0) is 43.2 Å². The largest absolute Gasteiger partial charge is 0.389 e. The molecule has 0 saturated carbocycles. The number of aryl methyl sites for hydroxylation is 1. The summed E-state index contributed by atoms with van der Waals surface area (Å²) >= 11 is 5.20. The standard InChI is InChI=1S/C15H23N3S/c1-4-15(5-2)7-9-18(10-15)14-12(13(16)19)11(3)6-8-17-14/h6,8H,4-5,7,9-10H2,1-3H3,(H2,16,19). The van der Waals surface area contributed by atoms with Gasteiger partial charge in [0.2, 0.25) is 0 Å². The zero-order valence-electron chi connectivity index (χ0n) is 12.1. The van der Waals surface area contributed by atoms with Crippen LogP contribution in [0.25, 0.3) is 0 Å². The molecule has 1 aliphatic rings. The molecule has 1 aromatic heterocycles. The van der Waals surface area contributed by atoms with Crippen LogP contribution in [0, 0.1) is 12.3 Å². The predicted octanol–water partition coefficient (Wildman–Crippen LogP) is 3.04. The molecule has 4 heteroatoms. The molecule has 1 saturated heterocycles. The zero-order chi connectivity index (χ0) is 14.0. The Balaban J connectivity index is 2.34. The molecule has 104 valence electrons. The van der Waals surface area contributed by atoms with Gasteiger partial charge in [0.1, 0.15) is 10.8 Å². The first-order chi connectivity index (χ1) is 9.03. The molecule has 0 aliphatic carbocycles. The van der Waals surface area contributed by atoms with Gasteiger partial charge in [-0.3, -0.25) is 0 Å². The Bertz CT molecular complexity index is 480. The molecule has 2 heterocycles. The van der Waals surface area contributed by atoms with Gasteiger partial charge in [0.15, 0.2) is 0 Å². The normalized spacial score (nSPS) is 17.7. The highest BCUT2D eigenvalue weighted by Crippen LogP contribution is 2.39. The predicted molar refractivity (Wildman–Crippen MR) is 84.7 cm³/mol. The molecule has 0 radical (unpaired) electrons. The van der Waals surface area contributed by atoms with Gasteiger partial charge in [-0.1, -0.05) is 26.1 Å². The number of nitrogens with two attached hydrogens (primary N) is 1. The van der Waals surface area contributed by atoms with E-state index in [1.165, 1.54) is 19.3 Å². The topological polar surface area (TPSA) is 42.2 Å². The maximum absolute atomic E-state index is 5.88. The third-order valence-electron chi connectivity index (χ3n) is 4.62. The Kier molecular flexibility index (Phi) is 4.09. The second-order valence-corrected chi connectivity index (χ2v) is 6.01. The summed E-state index contributed by atoms with van der Waals surface area (Å²) < 4.78 is 0. The maximum Gasteiger partial charge on any atom is 0.139 e. The summed E-state index contributed by atoms with van der Waals surface area (Å²) in [5, 5.41) is 0. The van der Waals surface area contributed by atoms with Crippen molar-refractivity contribution in [3.05, 3.63) is 23.4 Å².